The summed E-state index contributed by atoms with van der Waals surface area (Å²) in [6, 6.07) is 3.86. The SMILES string of the molecule is CC1=CN([C@@H]2C[C@H](Oc3cc(C)cc4c3CNCC4)[C@@H](O)[C@H]2O)C2=CC1C(N)=NC=N2. The van der Waals surface area contributed by atoms with Gasteiger partial charge in [0.05, 0.1) is 12.0 Å². The number of rotatable bonds is 3. The first-order valence-corrected chi connectivity index (χ1v) is 10.8. The van der Waals surface area contributed by atoms with E-state index in [1.165, 1.54) is 11.9 Å². The molecule has 31 heavy (non-hydrogen) atoms. The molecule has 0 amide bonds. The van der Waals surface area contributed by atoms with Gasteiger partial charge in [-0.3, -0.25) is 0 Å². The van der Waals surface area contributed by atoms with Gasteiger partial charge in [0.1, 0.15) is 42.1 Å². The lowest BCUT2D eigenvalue weighted by Gasteiger charge is -2.34. The number of aryl methyl sites for hydroxylation is 1. The normalized spacial score (nSPS) is 32.1. The molecule has 1 aromatic carbocycles. The minimum Gasteiger partial charge on any atom is -0.487 e. The van der Waals surface area contributed by atoms with Crippen molar-refractivity contribution in [2.45, 2.75) is 57.6 Å². The fourth-order valence-corrected chi connectivity index (χ4v) is 5.01. The van der Waals surface area contributed by atoms with Crippen molar-refractivity contribution in [3.8, 4) is 5.75 Å². The lowest BCUT2D eigenvalue weighted by molar-refractivity contribution is -0.0202. The predicted octanol–water partition coefficient (Wildman–Crippen LogP) is 0.958. The summed E-state index contributed by atoms with van der Waals surface area (Å²) in [7, 11) is 0. The van der Waals surface area contributed by atoms with Gasteiger partial charge in [-0.25, -0.2) is 9.98 Å². The molecule has 3 heterocycles. The number of amidine groups is 1. The predicted molar refractivity (Wildman–Crippen MR) is 119 cm³/mol. The maximum atomic E-state index is 10.9. The molecule has 5 atom stereocenters. The number of fused-ring (bicyclic) bond motifs is 2. The zero-order valence-corrected chi connectivity index (χ0v) is 17.8. The molecule has 0 spiro atoms. The molecular weight excluding hydrogens is 394 g/mol. The molecule has 8 nitrogen and oxygen atoms in total. The van der Waals surface area contributed by atoms with E-state index >= 15 is 0 Å². The molecule has 4 aliphatic rings. The van der Waals surface area contributed by atoms with Crippen LogP contribution in [0.25, 0.3) is 0 Å². The van der Waals surface area contributed by atoms with Gasteiger partial charge in [-0.2, -0.15) is 0 Å². The molecule has 1 unspecified atom stereocenters. The summed E-state index contributed by atoms with van der Waals surface area (Å²) in [5, 5.41) is 25.1. The Kier molecular flexibility index (Phi) is 5.08. The Morgan fingerprint density at radius 2 is 2.06 bits per heavy atom. The Morgan fingerprint density at radius 1 is 1.23 bits per heavy atom. The first-order chi connectivity index (χ1) is 14.9. The Bertz CT molecular complexity index is 1010. The van der Waals surface area contributed by atoms with Gasteiger partial charge in [-0.1, -0.05) is 6.07 Å². The van der Waals surface area contributed by atoms with Crippen molar-refractivity contribution in [3.63, 3.8) is 0 Å². The van der Waals surface area contributed by atoms with Crippen molar-refractivity contribution < 1.29 is 14.9 Å². The molecule has 1 aromatic rings. The molecule has 3 aliphatic heterocycles. The first-order valence-electron chi connectivity index (χ1n) is 10.8. The first kappa shape index (κ1) is 20.2. The average molecular weight is 424 g/mol. The molecule has 8 heteroatoms. The van der Waals surface area contributed by atoms with Crippen molar-refractivity contribution in [2.75, 3.05) is 6.54 Å². The summed E-state index contributed by atoms with van der Waals surface area (Å²) < 4.78 is 6.33. The highest BCUT2D eigenvalue weighted by Gasteiger charge is 2.47. The number of nitrogens with one attached hydrogen (secondary N) is 1. The minimum absolute atomic E-state index is 0.101. The van der Waals surface area contributed by atoms with Crippen LogP contribution in [0.3, 0.4) is 0 Å². The Hall–Kier alpha value is -2.68. The van der Waals surface area contributed by atoms with E-state index in [4.69, 9.17) is 10.5 Å². The van der Waals surface area contributed by atoms with Gasteiger partial charge in [-0.15, -0.1) is 0 Å². The molecule has 0 aromatic heterocycles. The third-order valence-electron chi connectivity index (χ3n) is 6.68. The number of nitrogens with zero attached hydrogens (tertiary/aromatic N) is 3. The van der Waals surface area contributed by atoms with Crippen LogP contribution >= 0.6 is 0 Å². The lowest BCUT2D eigenvalue weighted by atomic mass is 9.96. The highest BCUT2D eigenvalue weighted by atomic mass is 16.5. The molecule has 1 aliphatic carbocycles. The van der Waals surface area contributed by atoms with Crippen LogP contribution in [0.5, 0.6) is 5.75 Å². The van der Waals surface area contributed by atoms with Crippen LogP contribution < -0.4 is 15.8 Å². The third kappa shape index (κ3) is 3.54. The summed E-state index contributed by atoms with van der Waals surface area (Å²) >= 11 is 0. The van der Waals surface area contributed by atoms with E-state index in [-0.39, 0.29) is 12.0 Å². The number of ether oxygens (including phenoxy) is 1. The highest BCUT2D eigenvalue weighted by Crippen LogP contribution is 2.37. The topological polar surface area (TPSA) is 116 Å². The maximum Gasteiger partial charge on any atom is 0.131 e. The second-order valence-electron chi connectivity index (χ2n) is 8.85. The number of aliphatic imine (C=N–C) groups is 2. The van der Waals surface area contributed by atoms with Crippen LogP contribution in [0.2, 0.25) is 0 Å². The van der Waals surface area contributed by atoms with Crippen molar-refractivity contribution >= 4 is 12.2 Å². The number of aliphatic hydroxyl groups excluding tert-OH is 2. The molecule has 5 rings (SSSR count). The standard InChI is InChI=1S/C23H29N5O3/c1-12-5-14-3-4-25-9-16(14)18(6-12)31-19-8-17(21(29)22(19)30)28-10-13(2)15-7-20(28)26-11-27-23(15)24/h5-7,10-11,15,17,19,21-22,25,29-30H,3-4,8-9H2,1-2H3,(H2,24,26,27)/t15?,17-,19+,21+,22-/m1/s1. The largest absolute Gasteiger partial charge is 0.487 e. The number of hydrogen-bond donors (Lipinski definition) is 4. The van der Waals surface area contributed by atoms with Crippen LogP contribution in [0, 0.1) is 12.8 Å². The monoisotopic (exact) mass is 423 g/mol. The number of nitrogens with two attached hydrogens (primary N) is 1. The average Bonchev–Trinajstić information content (AvgIpc) is 2.92. The van der Waals surface area contributed by atoms with Crippen molar-refractivity contribution in [3.05, 3.63) is 52.5 Å². The molecule has 5 N–H and O–H groups in total. The second-order valence-corrected chi connectivity index (χ2v) is 8.85. The molecule has 164 valence electrons. The van der Waals surface area contributed by atoms with E-state index in [0.717, 1.165) is 42.0 Å². The van der Waals surface area contributed by atoms with Crippen LogP contribution in [0.1, 0.15) is 30.0 Å². The van der Waals surface area contributed by atoms with Crippen molar-refractivity contribution in [2.24, 2.45) is 21.6 Å². The summed E-state index contributed by atoms with van der Waals surface area (Å²) in [6.07, 6.45) is 4.29. The van der Waals surface area contributed by atoms with Crippen LogP contribution in [-0.2, 0) is 13.0 Å². The quantitative estimate of drug-likeness (QED) is 0.576. The van der Waals surface area contributed by atoms with E-state index in [2.05, 4.69) is 28.3 Å². The van der Waals surface area contributed by atoms with E-state index in [0.29, 0.717) is 18.1 Å². The van der Waals surface area contributed by atoms with Crippen LogP contribution in [-0.4, -0.2) is 58.2 Å². The van der Waals surface area contributed by atoms with Gasteiger partial charge < -0.3 is 30.9 Å². The number of benzene rings is 1. The minimum atomic E-state index is -0.999. The molecule has 1 fully saturated rings. The van der Waals surface area contributed by atoms with E-state index in [1.807, 2.05) is 30.2 Å². The maximum absolute atomic E-state index is 10.9. The van der Waals surface area contributed by atoms with Gasteiger partial charge >= 0.3 is 0 Å². The van der Waals surface area contributed by atoms with Gasteiger partial charge in [0.25, 0.3) is 0 Å². The van der Waals surface area contributed by atoms with E-state index < -0.39 is 18.3 Å². The van der Waals surface area contributed by atoms with Gasteiger partial charge in [0.2, 0.25) is 0 Å². The molecule has 0 radical (unpaired) electrons. The summed E-state index contributed by atoms with van der Waals surface area (Å²) in [5.74, 6) is 1.86. The second kappa shape index (κ2) is 7.78. The number of hydrogen-bond acceptors (Lipinski definition) is 8. The van der Waals surface area contributed by atoms with Gasteiger partial charge in [0, 0.05) is 24.7 Å². The molecular formula is C23H29N5O3. The van der Waals surface area contributed by atoms with Crippen LogP contribution in [0.15, 0.2) is 45.8 Å². The molecule has 0 saturated heterocycles. The zero-order chi connectivity index (χ0) is 21.7. The summed E-state index contributed by atoms with van der Waals surface area (Å²) in [4.78, 5) is 10.5. The Labute approximate surface area is 181 Å². The van der Waals surface area contributed by atoms with Gasteiger partial charge in [0.15, 0.2) is 0 Å². The van der Waals surface area contributed by atoms with E-state index in [1.54, 1.807) is 0 Å². The lowest BCUT2D eigenvalue weighted by Crippen LogP contribution is -2.42. The van der Waals surface area contributed by atoms with Crippen molar-refractivity contribution in [1.82, 2.24) is 10.2 Å². The Balaban J connectivity index is 1.40. The molecule has 1 saturated carbocycles. The summed E-state index contributed by atoms with van der Waals surface area (Å²) in [5.41, 5.74) is 10.6. The zero-order valence-electron chi connectivity index (χ0n) is 17.8. The third-order valence-corrected chi connectivity index (χ3v) is 6.68. The fraction of sp³-hybridized carbons (Fsp3) is 0.478. The van der Waals surface area contributed by atoms with Crippen molar-refractivity contribution in [1.29, 1.82) is 0 Å². The Morgan fingerprint density at radius 3 is 2.90 bits per heavy atom. The van der Waals surface area contributed by atoms with E-state index in [9.17, 15) is 10.2 Å². The smallest absolute Gasteiger partial charge is 0.131 e. The molecule has 2 bridgehead atoms. The van der Waals surface area contributed by atoms with Gasteiger partial charge in [-0.05, 0) is 55.7 Å². The summed E-state index contributed by atoms with van der Waals surface area (Å²) in [6.45, 7) is 5.74. The van der Waals surface area contributed by atoms with Crippen LogP contribution in [0.4, 0.5) is 0 Å². The fourth-order valence-electron chi connectivity index (χ4n) is 5.01. The highest BCUT2D eigenvalue weighted by molar-refractivity contribution is 5.93. The number of aliphatic hydroxyl groups is 2.